The fourth-order valence-corrected chi connectivity index (χ4v) is 0.889. The first kappa shape index (κ1) is 7.05. The van der Waals surface area contributed by atoms with Crippen molar-refractivity contribution in [3.05, 3.63) is 0 Å². The minimum Gasteiger partial charge on any atom is -0.481 e. The molecule has 4 heteroatoms. The van der Waals surface area contributed by atoms with Crippen molar-refractivity contribution in [3.63, 3.8) is 0 Å². The van der Waals surface area contributed by atoms with Crippen LogP contribution in [-0.2, 0) is 9.59 Å². The first-order chi connectivity index (χ1) is 4.61. The zero-order valence-electron chi connectivity index (χ0n) is 5.63. The lowest BCUT2D eigenvalue weighted by molar-refractivity contribution is -0.138. The van der Waals surface area contributed by atoms with E-state index in [1.54, 1.807) is 0 Å². The highest BCUT2D eigenvalue weighted by molar-refractivity contribution is 5.78. The maximum absolute atomic E-state index is 10.4. The normalized spacial score (nSPS) is 29.3. The molecule has 0 radical (unpaired) electrons. The Morgan fingerprint density at radius 1 is 1.60 bits per heavy atom. The SMILES string of the molecule is CC(=O)N[C@@H]1C[C@H]1C(=O)O. The van der Waals surface area contributed by atoms with E-state index < -0.39 is 5.97 Å². The van der Waals surface area contributed by atoms with E-state index in [1.165, 1.54) is 6.92 Å². The lowest BCUT2D eigenvalue weighted by Crippen LogP contribution is -2.25. The maximum Gasteiger partial charge on any atom is 0.308 e. The van der Waals surface area contributed by atoms with E-state index in [0.717, 1.165) is 0 Å². The molecule has 0 aromatic carbocycles. The van der Waals surface area contributed by atoms with Crippen LogP contribution in [0.4, 0.5) is 0 Å². The van der Waals surface area contributed by atoms with Gasteiger partial charge in [-0.3, -0.25) is 9.59 Å². The fourth-order valence-electron chi connectivity index (χ4n) is 0.889. The number of aliphatic carboxylic acids is 1. The van der Waals surface area contributed by atoms with Crippen molar-refractivity contribution in [1.29, 1.82) is 0 Å². The van der Waals surface area contributed by atoms with Crippen LogP contribution in [0.1, 0.15) is 13.3 Å². The average molecular weight is 143 g/mol. The number of hydrogen-bond donors (Lipinski definition) is 2. The smallest absolute Gasteiger partial charge is 0.308 e. The molecular weight excluding hydrogens is 134 g/mol. The van der Waals surface area contributed by atoms with Gasteiger partial charge in [0.15, 0.2) is 0 Å². The molecule has 56 valence electrons. The summed E-state index contributed by atoms with van der Waals surface area (Å²) in [6.45, 7) is 1.39. The molecule has 2 atom stereocenters. The minimum absolute atomic E-state index is 0.116. The van der Waals surface area contributed by atoms with Gasteiger partial charge >= 0.3 is 5.97 Å². The lowest BCUT2D eigenvalue weighted by atomic mass is 10.4. The molecule has 1 rings (SSSR count). The van der Waals surface area contributed by atoms with Crippen molar-refractivity contribution in [1.82, 2.24) is 5.32 Å². The molecule has 0 saturated heterocycles. The van der Waals surface area contributed by atoms with Crippen LogP contribution in [0.25, 0.3) is 0 Å². The molecule has 0 bridgehead atoms. The summed E-state index contributed by atoms with van der Waals surface area (Å²) in [6, 6.07) is -0.116. The lowest BCUT2D eigenvalue weighted by Gasteiger charge is -1.95. The highest BCUT2D eigenvalue weighted by atomic mass is 16.4. The van der Waals surface area contributed by atoms with Crippen molar-refractivity contribution in [2.45, 2.75) is 19.4 Å². The molecule has 1 aliphatic rings. The molecule has 10 heavy (non-hydrogen) atoms. The molecule has 0 spiro atoms. The van der Waals surface area contributed by atoms with Gasteiger partial charge in [0.05, 0.1) is 5.92 Å². The Kier molecular flexibility index (Phi) is 1.61. The van der Waals surface area contributed by atoms with Gasteiger partial charge in [-0.15, -0.1) is 0 Å². The van der Waals surface area contributed by atoms with Crippen molar-refractivity contribution in [3.8, 4) is 0 Å². The van der Waals surface area contributed by atoms with Crippen molar-refractivity contribution in [2.24, 2.45) is 5.92 Å². The summed E-state index contributed by atoms with van der Waals surface area (Å²) >= 11 is 0. The monoisotopic (exact) mass is 143 g/mol. The second kappa shape index (κ2) is 2.28. The number of rotatable bonds is 2. The average Bonchev–Trinajstić information content (AvgIpc) is 2.43. The minimum atomic E-state index is -0.821. The summed E-state index contributed by atoms with van der Waals surface area (Å²) < 4.78 is 0. The van der Waals surface area contributed by atoms with Gasteiger partial charge in [0, 0.05) is 13.0 Å². The third-order valence-corrected chi connectivity index (χ3v) is 1.50. The van der Waals surface area contributed by atoms with E-state index in [-0.39, 0.29) is 17.9 Å². The topological polar surface area (TPSA) is 66.4 Å². The molecule has 0 unspecified atom stereocenters. The second-order valence-electron chi connectivity index (χ2n) is 2.49. The van der Waals surface area contributed by atoms with Crippen LogP contribution in [0.5, 0.6) is 0 Å². The van der Waals surface area contributed by atoms with E-state index in [2.05, 4.69) is 5.32 Å². The Labute approximate surface area is 58.2 Å². The molecule has 0 aromatic rings. The van der Waals surface area contributed by atoms with Gasteiger partial charge in [0.2, 0.25) is 5.91 Å². The number of carbonyl (C=O) groups excluding carboxylic acids is 1. The Morgan fingerprint density at radius 2 is 2.20 bits per heavy atom. The van der Waals surface area contributed by atoms with E-state index in [1.807, 2.05) is 0 Å². The van der Waals surface area contributed by atoms with Crippen LogP contribution in [-0.4, -0.2) is 23.0 Å². The molecule has 0 aliphatic heterocycles. The molecule has 1 fully saturated rings. The number of carboxylic acid groups (broad SMARTS) is 1. The standard InChI is InChI=1S/C6H9NO3/c1-3(8)7-5-2-4(5)6(9)10/h4-5H,2H2,1H3,(H,7,8)(H,9,10)/t4-,5-/m1/s1. The van der Waals surface area contributed by atoms with Gasteiger partial charge in [0.1, 0.15) is 0 Å². The summed E-state index contributed by atoms with van der Waals surface area (Å²) in [4.78, 5) is 20.6. The van der Waals surface area contributed by atoms with E-state index in [9.17, 15) is 9.59 Å². The van der Waals surface area contributed by atoms with E-state index in [4.69, 9.17) is 5.11 Å². The quantitative estimate of drug-likeness (QED) is 0.552. The van der Waals surface area contributed by atoms with E-state index in [0.29, 0.717) is 6.42 Å². The van der Waals surface area contributed by atoms with Gasteiger partial charge in [0.25, 0.3) is 0 Å². The summed E-state index contributed by atoms with van der Waals surface area (Å²) in [5.74, 6) is -1.32. The molecular formula is C6H9NO3. The second-order valence-corrected chi connectivity index (χ2v) is 2.49. The van der Waals surface area contributed by atoms with Crippen molar-refractivity contribution < 1.29 is 14.7 Å². The number of carbonyl (C=O) groups is 2. The summed E-state index contributed by atoms with van der Waals surface area (Å²) in [5, 5.41) is 10.9. The predicted octanol–water partition coefficient (Wildman–Crippen LogP) is -0.404. The summed E-state index contributed by atoms with van der Waals surface area (Å²) in [5.41, 5.74) is 0. The van der Waals surface area contributed by atoms with Crippen LogP contribution in [0.15, 0.2) is 0 Å². The fraction of sp³-hybridized carbons (Fsp3) is 0.667. The van der Waals surface area contributed by atoms with Crippen molar-refractivity contribution in [2.75, 3.05) is 0 Å². The molecule has 1 aliphatic carbocycles. The zero-order valence-corrected chi connectivity index (χ0v) is 5.63. The number of nitrogens with one attached hydrogen (secondary N) is 1. The molecule has 1 saturated carbocycles. The molecule has 2 N–H and O–H groups in total. The molecule has 1 amide bonds. The zero-order chi connectivity index (χ0) is 7.72. The highest BCUT2D eigenvalue weighted by Gasteiger charge is 2.43. The third kappa shape index (κ3) is 1.46. The van der Waals surface area contributed by atoms with Gasteiger partial charge in [-0.1, -0.05) is 0 Å². The highest BCUT2D eigenvalue weighted by Crippen LogP contribution is 2.29. The Morgan fingerprint density at radius 3 is 2.50 bits per heavy atom. The van der Waals surface area contributed by atoms with Crippen LogP contribution in [0, 0.1) is 5.92 Å². The third-order valence-electron chi connectivity index (χ3n) is 1.50. The molecule has 4 nitrogen and oxygen atoms in total. The van der Waals surface area contributed by atoms with Crippen molar-refractivity contribution >= 4 is 11.9 Å². The molecule has 0 aromatic heterocycles. The number of hydrogen-bond acceptors (Lipinski definition) is 2. The summed E-state index contributed by atoms with van der Waals surface area (Å²) in [7, 11) is 0. The van der Waals surface area contributed by atoms with Crippen LogP contribution >= 0.6 is 0 Å². The van der Waals surface area contributed by atoms with Gasteiger partial charge in [-0.25, -0.2) is 0 Å². The molecule has 0 heterocycles. The Balaban J connectivity index is 2.26. The Bertz CT molecular complexity index is 178. The van der Waals surface area contributed by atoms with Crippen LogP contribution < -0.4 is 5.32 Å². The Hall–Kier alpha value is -1.06. The first-order valence-corrected chi connectivity index (χ1v) is 3.11. The van der Waals surface area contributed by atoms with Gasteiger partial charge < -0.3 is 10.4 Å². The number of carboxylic acids is 1. The number of amides is 1. The van der Waals surface area contributed by atoms with Gasteiger partial charge in [-0.2, -0.15) is 0 Å². The largest absolute Gasteiger partial charge is 0.481 e. The van der Waals surface area contributed by atoms with Crippen LogP contribution in [0.2, 0.25) is 0 Å². The maximum atomic E-state index is 10.4. The van der Waals surface area contributed by atoms with Crippen LogP contribution in [0.3, 0.4) is 0 Å². The summed E-state index contributed by atoms with van der Waals surface area (Å²) in [6.07, 6.45) is 0.578. The van der Waals surface area contributed by atoms with Gasteiger partial charge in [-0.05, 0) is 6.42 Å². The first-order valence-electron chi connectivity index (χ1n) is 3.11. The predicted molar refractivity (Wildman–Crippen MR) is 33.3 cm³/mol. The van der Waals surface area contributed by atoms with E-state index >= 15 is 0 Å².